The van der Waals surface area contributed by atoms with Gasteiger partial charge in [0.25, 0.3) is 5.91 Å². The molecular weight excluding hydrogens is 262 g/mol. The number of carbonyl (C=O) groups is 1. The third-order valence-corrected chi connectivity index (χ3v) is 3.88. The third-order valence-electron chi connectivity index (χ3n) is 3.88. The van der Waals surface area contributed by atoms with Gasteiger partial charge in [0.1, 0.15) is 5.75 Å². The van der Waals surface area contributed by atoms with Crippen molar-refractivity contribution >= 4 is 5.91 Å². The van der Waals surface area contributed by atoms with Crippen LogP contribution in [0.5, 0.6) is 5.75 Å². The fourth-order valence-corrected chi connectivity index (χ4v) is 2.44. The van der Waals surface area contributed by atoms with E-state index in [1.807, 2.05) is 12.1 Å². The lowest BCUT2D eigenvalue weighted by Crippen LogP contribution is -2.42. The Bertz CT molecular complexity index is 464. The van der Waals surface area contributed by atoms with Crippen molar-refractivity contribution in [3.63, 3.8) is 0 Å². The van der Waals surface area contributed by atoms with E-state index in [1.165, 1.54) is 11.1 Å². The molecule has 1 N–H and O–H groups in total. The smallest absolute Gasteiger partial charge is 0.260 e. The number of hydrogen-bond acceptors (Lipinski definition) is 2. The Morgan fingerprint density at radius 3 is 2.29 bits per heavy atom. The van der Waals surface area contributed by atoms with E-state index in [0.717, 1.165) is 18.6 Å². The maximum Gasteiger partial charge on any atom is 0.260 e. The van der Waals surface area contributed by atoms with Gasteiger partial charge in [-0.15, -0.1) is 0 Å². The van der Waals surface area contributed by atoms with Crippen LogP contribution in [0.15, 0.2) is 18.2 Å². The summed E-state index contributed by atoms with van der Waals surface area (Å²) < 4.78 is 5.77. The third kappa shape index (κ3) is 5.07. The number of ether oxygens (including phenoxy) is 1. The molecule has 0 saturated carbocycles. The van der Waals surface area contributed by atoms with Gasteiger partial charge >= 0.3 is 0 Å². The summed E-state index contributed by atoms with van der Waals surface area (Å²) in [6, 6.07) is 6.27. The highest BCUT2D eigenvalue weighted by molar-refractivity contribution is 5.81. The summed E-state index contributed by atoms with van der Waals surface area (Å²) in [5.41, 5.74) is 2.52. The molecule has 3 heteroatoms. The molecule has 1 atom stereocenters. The zero-order valence-corrected chi connectivity index (χ0v) is 14.2. The van der Waals surface area contributed by atoms with Crippen molar-refractivity contribution in [3.8, 4) is 5.75 Å². The molecule has 0 radical (unpaired) electrons. The molecule has 1 amide bonds. The number of rotatable bonds is 7. The molecule has 0 aromatic heterocycles. The van der Waals surface area contributed by atoms with Gasteiger partial charge in [-0.1, -0.05) is 33.8 Å². The minimum absolute atomic E-state index is 0.0470. The highest BCUT2D eigenvalue weighted by Crippen LogP contribution is 2.24. The molecule has 0 fully saturated rings. The molecule has 0 bridgehead atoms. The first-order chi connectivity index (χ1) is 9.88. The zero-order valence-electron chi connectivity index (χ0n) is 14.2. The van der Waals surface area contributed by atoms with E-state index in [0.29, 0.717) is 5.92 Å². The summed E-state index contributed by atoms with van der Waals surface area (Å²) in [5, 5.41) is 3.02. The number of nitrogens with one attached hydrogen (secondary N) is 1. The zero-order chi connectivity index (χ0) is 16.0. The summed E-state index contributed by atoms with van der Waals surface area (Å²) in [7, 11) is 0. The Hall–Kier alpha value is -1.51. The number of amides is 1. The van der Waals surface area contributed by atoms with E-state index in [1.54, 1.807) is 6.92 Å². The highest BCUT2D eigenvalue weighted by Gasteiger charge is 2.17. The Kier molecular flexibility index (Phi) is 6.73. The minimum Gasteiger partial charge on any atom is -0.481 e. The number of aryl methyl sites for hydroxylation is 1. The van der Waals surface area contributed by atoms with Crippen LogP contribution in [0.4, 0.5) is 0 Å². The molecular formula is C18H29NO2. The van der Waals surface area contributed by atoms with Crippen LogP contribution in [0.1, 0.15) is 64.5 Å². The Morgan fingerprint density at radius 1 is 1.19 bits per heavy atom. The van der Waals surface area contributed by atoms with Crippen LogP contribution in [0.25, 0.3) is 0 Å². The van der Waals surface area contributed by atoms with Crippen molar-refractivity contribution in [3.05, 3.63) is 29.3 Å². The Morgan fingerprint density at radius 2 is 1.81 bits per heavy atom. The molecule has 0 heterocycles. The van der Waals surface area contributed by atoms with Crippen LogP contribution < -0.4 is 10.1 Å². The first-order valence-electron chi connectivity index (χ1n) is 7.96. The van der Waals surface area contributed by atoms with Crippen LogP contribution in [-0.2, 0) is 4.79 Å². The quantitative estimate of drug-likeness (QED) is 0.818. The van der Waals surface area contributed by atoms with E-state index in [-0.39, 0.29) is 11.9 Å². The van der Waals surface area contributed by atoms with E-state index in [2.05, 4.69) is 46.0 Å². The van der Waals surface area contributed by atoms with Crippen molar-refractivity contribution in [2.45, 2.75) is 72.4 Å². The molecule has 0 aliphatic heterocycles. The molecule has 1 unspecified atom stereocenters. The predicted octanol–water partition coefficient (Wildman–Crippen LogP) is 4.19. The average Bonchev–Trinajstić information content (AvgIpc) is 2.44. The number of benzene rings is 1. The molecule has 3 nitrogen and oxygen atoms in total. The molecule has 1 rings (SSSR count). The maximum absolute atomic E-state index is 12.1. The largest absolute Gasteiger partial charge is 0.481 e. The van der Waals surface area contributed by atoms with Crippen molar-refractivity contribution < 1.29 is 9.53 Å². The van der Waals surface area contributed by atoms with Crippen LogP contribution in [0, 0.1) is 6.92 Å². The molecule has 0 aliphatic rings. The van der Waals surface area contributed by atoms with E-state index in [4.69, 9.17) is 4.74 Å². The van der Waals surface area contributed by atoms with Gasteiger partial charge in [-0.3, -0.25) is 4.79 Å². The van der Waals surface area contributed by atoms with Crippen molar-refractivity contribution in [1.29, 1.82) is 0 Å². The number of carbonyl (C=O) groups excluding carboxylic acids is 1. The summed E-state index contributed by atoms with van der Waals surface area (Å²) >= 11 is 0. The summed E-state index contributed by atoms with van der Waals surface area (Å²) in [5.74, 6) is 1.20. The standard InChI is InChI=1S/C18H29NO2/c1-7-15(8-2)19-18(20)14(6)21-16-9-10-17(12(3)4)13(5)11-16/h9-12,14-15H,7-8H2,1-6H3,(H,19,20). The molecule has 0 saturated heterocycles. The molecule has 1 aromatic rings. The van der Waals surface area contributed by atoms with Crippen molar-refractivity contribution in [1.82, 2.24) is 5.32 Å². The van der Waals surface area contributed by atoms with Gasteiger partial charge in [0.2, 0.25) is 0 Å². The maximum atomic E-state index is 12.1. The molecule has 0 spiro atoms. The first kappa shape index (κ1) is 17.5. The summed E-state index contributed by atoms with van der Waals surface area (Å²) in [6.07, 6.45) is 1.41. The molecule has 0 aliphatic carbocycles. The van der Waals surface area contributed by atoms with Crippen LogP contribution in [0.2, 0.25) is 0 Å². The monoisotopic (exact) mass is 291 g/mol. The lowest BCUT2D eigenvalue weighted by atomic mass is 9.98. The highest BCUT2D eigenvalue weighted by atomic mass is 16.5. The summed E-state index contributed by atoms with van der Waals surface area (Å²) in [6.45, 7) is 12.4. The van der Waals surface area contributed by atoms with Gasteiger partial charge < -0.3 is 10.1 Å². The minimum atomic E-state index is -0.477. The normalized spacial score (nSPS) is 12.6. The second-order valence-electron chi connectivity index (χ2n) is 5.96. The van der Waals surface area contributed by atoms with Crippen LogP contribution >= 0.6 is 0 Å². The Balaban J connectivity index is 2.68. The summed E-state index contributed by atoms with van der Waals surface area (Å²) in [4.78, 5) is 12.1. The van der Waals surface area contributed by atoms with Crippen molar-refractivity contribution in [2.75, 3.05) is 0 Å². The first-order valence-corrected chi connectivity index (χ1v) is 7.96. The SMILES string of the molecule is CCC(CC)NC(=O)C(C)Oc1ccc(C(C)C)c(C)c1. The lowest BCUT2D eigenvalue weighted by molar-refractivity contribution is -0.128. The average molecular weight is 291 g/mol. The van der Waals surface area contributed by atoms with E-state index in [9.17, 15) is 4.79 Å². The van der Waals surface area contributed by atoms with Gasteiger partial charge in [0.05, 0.1) is 0 Å². The second kappa shape index (κ2) is 8.06. The fraction of sp³-hybridized carbons (Fsp3) is 0.611. The number of hydrogen-bond donors (Lipinski definition) is 1. The topological polar surface area (TPSA) is 38.3 Å². The van der Waals surface area contributed by atoms with E-state index < -0.39 is 6.10 Å². The molecule has 1 aromatic carbocycles. The van der Waals surface area contributed by atoms with Crippen LogP contribution in [-0.4, -0.2) is 18.1 Å². The molecule has 118 valence electrons. The lowest BCUT2D eigenvalue weighted by Gasteiger charge is -2.20. The van der Waals surface area contributed by atoms with Gasteiger partial charge in [-0.25, -0.2) is 0 Å². The van der Waals surface area contributed by atoms with Gasteiger partial charge in [0, 0.05) is 6.04 Å². The van der Waals surface area contributed by atoms with E-state index >= 15 is 0 Å². The van der Waals surface area contributed by atoms with Gasteiger partial charge in [-0.05, 0) is 55.9 Å². The predicted molar refractivity (Wildman–Crippen MR) is 87.9 cm³/mol. The second-order valence-corrected chi connectivity index (χ2v) is 5.96. The van der Waals surface area contributed by atoms with Gasteiger partial charge in [-0.2, -0.15) is 0 Å². The molecule has 21 heavy (non-hydrogen) atoms. The van der Waals surface area contributed by atoms with Crippen LogP contribution in [0.3, 0.4) is 0 Å². The Labute approximate surface area is 129 Å². The van der Waals surface area contributed by atoms with Crippen molar-refractivity contribution in [2.24, 2.45) is 0 Å². The fourth-order valence-electron chi connectivity index (χ4n) is 2.44. The van der Waals surface area contributed by atoms with Gasteiger partial charge in [0.15, 0.2) is 6.10 Å².